The van der Waals surface area contributed by atoms with Crippen molar-refractivity contribution in [3.8, 4) is 0 Å². The number of halogens is 1. The van der Waals surface area contributed by atoms with Crippen LogP contribution in [-0.2, 0) is 0 Å². The minimum absolute atomic E-state index is 0.00981. The molecule has 1 heteroatoms. The van der Waals surface area contributed by atoms with Gasteiger partial charge in [-0.3, -0.25) is 0 Å². The summed E-state index contributed by atoms with van der Waals surface area (Å²) in [6.45, 7) is 0. The zero-order valence-electron chi connectivity index (χ0n) is 7.15. The fourth-order valence-corrected chi connectivity index (χ4v) is 1.86. The van der Waals surface area contributed by atoms with Gasteiger partial charge in [-0.05, 0) is 42.9 Å². The SMILES string of the molecule is FC1=CC=C2CCCCC2=CC1. The molecule has 1 fully saturated rings. The van der Waals surface area contributed by atoms with E-state index in [0.29, 0.717) is 6.42 Å². The van der Waals surface area contributed by atoms with Crippen LogP contribution < -0.4 is 0 Å². The Morgan fingerprint density at radius 1 is 1.00 bits per heavy atom. The second-order valence-electron chi connectivity index (χ2n) is 3.45. The first kappa shape index (κ1) is 7.78. The molecule has 0 saturated heterocycles. The van der Waals surface area contributed by atoms with Crippen LogP contribution in [0.15, 0.2) is 35.2 Å². The first-order chi connectivity index (χ1) is 5.86. The Labute approximate surface area is 72.5 Å². The molecule has 0 nitrogen and oxygen atoms in total. The van der Waals surface area contributed by atoms with E-state index in [0.717, 1.165) is 12.8 Å². The largest absolute Gasteiger partial charge is 0.211 e. The molecule has 0 atom stereocenters. The third-order valence-corrected chi connectivity index (χ3v) is 2.56. The monoisotopic (exact) mass is 164 g/mol. The molecule has 2 aliphatic rings. The number of rotatable bonds is 0. The molecule has 0 spiro atoms. The van der Waals surface area contributed by atoms with Crippen molar-refractivity contribution in [3.63, 3.8) is 0 Å². The van der Waals surface area contributed by atoms with Crippen molar-refractivity contribution in [1.82, 2.24) is 0 Å². The van der Waals surface area contributed by atoms with E-state index < -0.39 is 0 Å². The lowest BCUT2D eigenvalue weighted by Gasteiger charge is -2.16. The Morgan fingerprint density at radius 2 is 1.75 bits per heavy atom. The van der Waals surface area contributed by atoms with E-state index in [9.17, 15) is 4.39 Å². The Bertz CT molecular complexity index is 269. The van der Waals surface area contributed by atoms with Crippen LogP contribution in [0.4, 0.5) is 4.39 Å². The molecule has 0 aliphatic heterocycles. The summed E-state index contributed by atoms with van der Waals surface area (Å²) in [5.74, 6) is -0.00981. The Kier molecular flexibility index (Phi) is 2.11. The highest BCUT2D eigenvalue weighted by molar-refractivity contribution is 5.38. The van der Waals surface area contributed by atoms with Crippen LogP contribution >= 0.6 is 0 Å². The number of allylic oxidation sites excluding steroid dienone is 6. The summed E-state index contributed by atoms with van der Waals surface area (Å²) in [6.07, 6.45) is 10.9. The molecule has 0 amide bonds. The Balaban J connectivity index is 2.27. The summed E-state index contributed by atoms with van der Waals surface area (Å²) < 4.78 is 12.9. The molecule has 0 N–H and O–H groups in total. The highest BCUT2D eigenvalue weighted by Crippen LogP contribution is 2.31. The van der Waals surface area contributed by atoms with Gasteiger partial charge in [0, 0.05) is 6.42 Å². The van der Waals surface area contributed by atoms with E-state index in [1.807, 2.05) is 12.2 Å². The zero-order chi connectivity index (χ0) is 8.39. The first-order valence-corrected chi connectivity index (χ1v) is 4.61. The molecule has 64 valence electrons. The molecule has 12 heavy (non-hydrogen) atoms. The molecule has 0 unspecified atom stereocenters. The highest BCUT2D eigenvalue weighted by Gasteiger charge is 2.12. The lowest BCUT2D eigenvalue weighted by Crippen LogP contribution is -1.97. The van der Waals surface area contributed by atoms with E-state index in [-0.39, 0.29) is 5.83 Å². The van der Waals surface area contributed by atoms with Crippen molar-refractivity contribution in [3.05, 3.63) is 35.2 Å². The standard InChI is InChI=1S/C11H13F/c12-11-7-5-9-3-1-2-4-10(9)6-8-11/h5-7H,1-4,8H2. The van der Waals surface area contributed by atoms with Crippen LogP contribution in [0.2, 0.25) is 0 Å². The van der Waals surface area contributed by atoms with Crippen LogP contribution in [0.5, 0.6) is 0 Å². The molecule has 0 aromatic carbocycles. The van der Waals surface area contributed by atoms with Crippen molar-refractivity contribution < 1.29 is 4.39 Å². The smallest absolute Gasteiger partial charge is 0.104 e. The van der Waals surface area contributed by atoms with Gasteiger partial charge in [0.25, 0.3) is 0 Å². The van der Waals surface area contributed by atoms with Gasteiger partial charge in [0.15, 0.2) is 0 Å². The van der Waals surface area contributed by atoms with E-state index in [2.05, 4.69) is 0 Å². The van der Waals surface area contributed by atoms with Crippen molar-refractivity contribution in [1.29, 1.82) is 0 Å². The maximum Gasteiger partial charge on any atom is 0.104 e. The minimum atomic E-state index is -0.00981. The highest BCUT2D eigenvalue weighted by atomic mass is 19.1. The fourth-order valence-electron chi connectivity index (χ4n) is 1.86. The lowest BCUT2D eigenvalue weighted by atomic mass is 9.89. The maximum atomic E-state index is 12.9. The lowest BCUT2D eigenvalue weighted by molar-refractivity contribution is 0.617. The van der Waals surface area contributed by atoms with Gasteiger partial charge in [-0.25, -0.2) is 4.39 Å². The summed E-state index contributed by atoms with van der Waals surface area (Å²) >= 11 is 0. The van der Waals surface area contributed by atoms with Crippen LogP contribution in [0.3, 0.4) is 0 Å². The summed E-state index contributed by atoms with van der Waals surface area (Å²) in [5, 5.41) is 0. The number of hydrogen-bond acceptors (Lipinski definition) is 0. The van der Waals surface area contributed by atoms with E-state index in [4.69, 9.17) is 0 Å². The second kappa shape index (κ2) is 3.26. The summed E-state index contributed by atoms with van der Waals surface area (Å²) in [4.78, 5) is 0. The van der Waals surface area contributed by atoms with Crippen LogP contribution in [0.1, 0.15) is 32.1 Å². The Morgan fingerprint density at radius 3 is 2.58 bits per heavy atom. The van der Waals surface area contributed by atoms with E-state index in [1.54, 1.807) is 6.08 Å². The number of fused-ring (bicyclic) bond motifs is 1. The van der Waals surface area contributed by atoms with Gasteiger partial charge in [-0.1, -0.05) is 12.2 Å². The normalized spacial score (nSPS) is 23.2. The Hall–Kier alpha value is -0.850. The van der Waals surface area contributed by atoms with Crippen molar-refractivity contribution >= 4 is 0 Å². The van der Waals surface area contributed by atoms with Crippen molar-refractivity contribution in [2.24, 2.45) is 0 Å². The van der Waals surface area contributed by atoms with Gasteiger partial charge < -0.3 is 0 Å². The molecule has 0 aromatic rings. The minimum Gasteiger partial charge on any atom is -0.211 e. The molecule has 1 saturated carbocycles. The predicted molar refractivity (Wildman–Crippen MR) is 48.4 cm³/mol. The van der Waals surface area contributed by atoms with Crippen LogP contribution in [0.25, 0.3) is 0 Å². The summed E-state index contributed by atoms with van der Waals surface area (Å²) in [7, 11) is 0. The second-order valence-corrected chi connectivity index (χ2v) is 3.45. The molecular formula is C11H13F. The average Bonchev–Trinajstić information content (AvgIpc) is 2.29. The average molecular weight is 164 g/mol. The topological polar surface area (TPSA) is 0 Å². The zero-order valence-corrected chi connectivity index (χ0v) is 7.15. The summed E-state index contributed by atoms with van der Waals surface area (Å²) in [6, 6.07) is 0. The van der Waals surface area contributed by atoms with Crippen molar-refractivity contribution in [2.75, 3.05) is 0 Å². The van der Waals surface area contributed by atoms with Gasteiger partial charge in [-0.15, -0.1) is 0 Å². The quantitative estimate of drug-likeness (QED) is 0.512. The third-order valence-electron chi connectivity index (χ3n) is 2.56. The summed E-state index contributed by atoms with van der Waals surface area (Å²) in [5.41, 5.74) is 2.74. The first-order valence-electron chi connectivity index (χ1n) is 4.61. The van der Waals surface area contributed by atoms with E-state index >= 15 is 0 Å². The molecule has 2 aliphatic carbocycles. The molecule has 0 aromatic heterocycles. The van der Waals surface area contributed by atoms with Crippen molar-refractivity contribution in [2.45, 2.75) is 32.1 Å². The predicted octanol–water partition coefficient (Wildman–Crippen LogP) is 3.67. The molecule has 0 radical (unpaired) electrons. The third kappa shape index (κ3) is 1.50. The van der Waals surface area contributed by atoms with Crippen LogP contribution in [0, 0.1) is 0 Å². The molecule has 0 heterocycles. The molecule has 0 bridgehead atoms. The maximum absolute atomic E-state index is 12.9. The van der Waals surface area contributed by atoms with Gasteiger partial charge in [0.2, 0.25) is 0 Å². The molecular weight excluding hydrogens is 151 g/mol. The fraction of sp³-hybridized carbons (Fsp3) is 0.455. The van der Waals surface area contributed by atoms with Gasteiger partial charge in [0.05, 0.1) is 0 Å². The van der Waals surface area contributed by atoms with E-state index in [1.165, 1.54) is 24.0 Å². The van der Waals surface area contributed by atoms with Gasteiger partial charge >= 0.3 is 0 Å². The van der Waals surface area contributed by atoms with Crippen LogP contribution in [-0.4, -0.2) is 0 Å². The number of hydrogen-bond donors (Lipinski definition) is 0. The van der Waals surface area contributed by atoms with Gasteiger partial charge in [-0.2, -0.15) is 0 Å². The van der Waals surface area contributed by atoms with Gasteiger partial charge in [0.1, 0.15) is 5.83 Å². The molecule has 2 rings (SSSR count).